The lowest BCUT2D eigenvalue weighted by molar-refractivity contribution is -0.203. The Bertz CT molecular complexity index is 772. The first-order chi connectivity index (χ1) is 16.0. The number of carbonyl (C=O) groups is 2. The Hall–Kier alpha value is -1.14. The molecule has 194 valence electrons. The minimum atomic E-state index is -1.01. The van der Waals surface area contributed by atoms with Crippen LogP contribution in [0.15, 0.2) is 0 Å². The average Bonchev–Trinajstić information content (AvgIpc) is 3.14. The summed E-state index contributed by atoms with van der Waals surface area (Å²) in [6.07, 6.45) is 9.14. The molecule has 34 heavy (non-hydrogen) atoms. The van der Waals surface area contributed by atoms with Crippen molar-refractivity contribution < 1.29 is 24.9 Å². The molecule has 4 rings (SSSR count). The molecule has 0 spiro atoms. The second kappa shape index (κ2) is 9.72. The third kappa shape index (κ3) is 4.31. The van der Waals surface area contributed by atoms with Crippen LogP contribution in [-0.4, -0.2) is 45.9 Å². The Morgan fingerprint density at radius 1 is 1.00 bits per heavy atom. The zero-order chi connectivity index (χ0) is 24.8. The molecular weight excluding hydrogens is 430 g/mol. The molecule has 0 aliphatic heterocycles. The van der Waals surface area contributed by atoms with Crippen LogP contribution in [0.4, 0.5) is 0 Å². The van der Waals surface area contributed by atoms with E-state index in [4.69, 9.17) is 5.11 Å². The van der Waals surface area contributed by atoms with Gasteiger partial charge in [-0.2, -0.15) is 0 Å². The van der Waals surface area contributed by atoms with Crippen molar-refractivity contribution in [1.82, 2.24) is 5.32 Å². The second-order valence-corrected chi connectivity index (χ2v) is 12.8. The normalized spacial score (nSPS) is 46.6. The Morgan fingerprint density at radius 2 is 1.68 bits per heavy atom. The Kier molecular flexibility index (Phi) is 7.42. The molecule has 4 aliphatic carbocycles. The molecule has 0 radical (unpaired) electrons. The van der Waals surface area contributed by atoms with Crippen molar-refractivity contribution in [3.8, 4) is 0 Å². The summed E-state index contributed by atoms with van der Waals surface area (Å²) in [5, 5.41) is 33.5. The molecule has 4 aliphatic rings. The molecule has 0 aromatic heterocycles. The van der Waals surface area contributed by atoms with Gasteiger partial charge in [-0.1, -0.05) is 34.1 Å². The number of hydrogen-bond donors (Lipinski definition) is 4. The molecule has 0 bridgehead atoms. The molecular formula is C28H47NO5. The maximum absolute atomic E-state index is 12.1. The van der Waals surface area contributed by atoms with Crippen molar-refractivity contribution in [2.45, 2.75) is 104 Å². The summed E-state index contributed by atoms with van der Waals surface area (Å²) in [5.41, 5.74) is 0.409. The summed E-state index contributed by atoms with van der Waals surface area (Å²) in [6, 6.07) is 0. The van der Waals surface area contributed by atoms with Gasteiger partial charge in [0.2, 0.25) is 5.91 Å². The van der Waals surface area contributed by atoms with Crippen LogP contribution >= 0.6 is 0 Å². The molecule has 6 heteroatoms. The Morgan fingerprint density at radius 3 is 2.35 bits per heavy atom. The van der Waals surface area contributed by atoms with Crippen molar-refractivity contribution in [2.75, 3.05) is 6.54 Å². The van der Waals surface area contributed by atoms with Gasteiger partial charge < -0.3 is 20.6 Å². The number of aliphatic carboxylic acids is 1. The first-order valence-corrected chi connectivity index (χ1v) is 13.9. The van der Waals surface area contributed by atoms with E-state index >= 15 is 0 Å². The van der Waals surface area contributed by atoms with Crippen LogP contribution in [0.5, 0.6) is 0 Å². The smallest absolute Gasteiger partial charge is 0.322 e. The summed E-state index contributed by atoms with van der Waals surface area (Å²) >= 11 is 0. The van der Waals surface area contributed by atoms with Gasteiger partial charge in [0.1, 0.15) is 6.54 Å². The van der Waals surface area contributed by atoms with E-state index in [-0.39, 0.29) is 41.4 Å². The zero-order valence-corrected chi connectivity index (χ0v) is 21.6. The molecule has 4 fully saturated rings. The van der Waals surface area contributed by atoms with Crippen molar-refractivity contribution in [3.63, 3.8) is 0 Å². The van der Waals surface area contributed by atoms with E-state index in [1.54, 1.807) is 0 Å². The summed E-state index contributed by atoms with van der Waals surface area (Å²) in [4.78, 5) is 22.8. The largest absolute Gasteiger partial charge is 0.480 e. The SMILES string of the molecule is CC[C@@H]1C2C[C@H](O)CC[C@]2(C)C2CC[C@@]3(C)C(CC[C@@H]3[C@H](C)CCC(=O)NCC(=O)O)C2[C@H]1O. The van der Waals surface area contributed by atoms with Gasteiger partial charge in [-0.05, 0) is 104 Å². The van der Waals surface area contributed by atoms with E-state index in [0.29, 0.717) is 41.9 Å². The lowest BCUT2D eigenvalue weighted by Crippen LogP contribution is -2.62. The average molecular weight is 478 g/mol. The van der Waals surface area contributed by atoms with Crippen molar-refractivity contribution >= 4 is 11.9 Å². The van der Waals surface area contributed by atoms with E-state index < -0.39 is 5.97 Å². The Labute approximate surface area is 205 Å². The minimum Gasteiger partial charge on any atom is -0.480 e. The maximum Gasteiger partial charge on any atom is 0.322 e. The highest BCUT2D eigenvalue weighted by atomic mass is 16.4. The number of fused-ring (bicyclic) bond motifs is 5. The van der Waals surface area contributed by atoms with Gasteiger partial charge in [0.25, 0.3) is 0 Å². The van der Waals surface area contributed by atoms with E-state index in [0.717, 1.165) is 51.4 Å². The fourth-order valence-electron chi connectivity index (χ4n) is 9.76. The Balaban J connectivity index is 1.49. The van der Waals surface area contributed by atoms with Gasteiger partial charge in [0.05, 0.1) is 12.2 Å². The quantitative estimate of drug-likeness (QED) is 0.439. The number of carbonyl (C=O) groups excluding carboxylic acids is 1. The number of nitrogens with one attached hydrogen (secondary N) is 1. The van der Waals surface area contributed by atoms with Crippen LogP contribution in [0, 0.1) is 52.3 Å². The standard InChI is InChI=1S/C28H47NO5/c1-5-18-22-14-17(30)10-12-28(22,4)21-11-13-27(3)19(7-8-20(27)25(21)26(18)34)16(2)6-9-23(31)29-15-24(32)33/h16-22,25-26,30,34H,5-15H2,1-4H3,(H,29,31)(H,32,33)/t16-,17-,18-,19-,20?,21?,22?,25?,26+,27-,28-/m1/s1. The highest BCUT2D eigenvalue weighted by molar-refractivity contribution is 5.81. The van der Waals surface area contributed by atoms with Gasteiger partial charge >= 0.3 is 5.97 Å². The molecule has 0 aromatic carbocycles. The third-order valence-corrected chi connectivity index (χ3v) is 11.4. The lowest BCUT2D eigenvalue weighted by atomic mass is 9.41. The van der Waals surface area contributed by atoms with Crippen LogP contribution in [0.2, 0.25) is 0 Å². The fraction of sp³-hybridized carbons (Fsp3) is 0.929. The molecule has 4 N–H and O–H groups in total. The molecule has 4 saturated carbocycles. The number of hydrogen-bond acceptors (Lipinski definition) is 4. The van der Waals surface area contributed by atoms with E-state index in [1.165, 1.54) is 6.42 Å². The maximum atomic E-state index is 12.1. The molecule has 1 amide bonds. The number of carboxylic acid groups (broad SMARTS) is 1. The van der Waals surface area contributed by atoms with Gasteiger partial charge in [-0.15, -0.1) is 0 Å². The number of aliphatic hydroxyl groups excluding tert-OH is 2. The molecule has 0 heterocycles. The van der Waals surface area contributed by atoms with E-state index in [2.05, 4.69) is 33.0 Å². The van der Waals surface area contributed by atoms with Gasteiger partial charge in [0, 0.05) is 6.42 Å². The molecule has 11 atom stereocenters. The van der Waals surface area contributed by atoms with Crippen LogP contribution in [0.25, 0.3) is 0 Å². The van der Waals surface area contributed by atoms with Gasteiger partial charge in [-0.3, -0.25) is 9.59 Å². The minimum absolute atomic E-state index is 0.176. The highest BCUT2D eigenvalue weighted by Gasteiger charge is 2.64. The first kappa shape index (κ1) is 25.9. The van der Waals surface area contributed by atoms with E-state index in [1.807, 2.05) is 0 Å². The zero-order valence-electron chi connectivity index (χ0n) is 21.6. The van der Waals surface area contributed by atoms with Crippen LogP contribution in [0.3, 0.4) is 0 Å². The molecule has 6 nitrogen and oxygen atoms in total. The lowest BCUT2D eigenvalue weighted by Gasteiger charge is -2.64. The summed E-state index contributed by atoms with van der Waals surface area (Å²) in [7, 11) is 0. The summed E-state index contributed by atoms with van der Waals surface area (Å²) in [6.45, 7) is 9.10. The first-order valence-electron chi connectivity index (χ1n) is 13.9. The summed E-state index contributed by atoms with van der Waals surface area (Å²) < 4.78 is 0. The third-order valence-electron chi connectivity index (χ3n) is 11.4. The van der Waals surface area contributed by atoms with Crippen molar-refractivity contribution in [2.24, 2.45) is 52.3 Å². The van der Waals surface area contributed by atoms with Gasteiger partial charge in [0.15, 0.2) is 0 Å². The monoisotopic (exact) mass is 477 g/mol. The van der Waals surface area contributed by atoms with Crippen LogP contribution in [-0.2, 0) is 9.59 Å². The number of rotatable bonds is 7. The van der Waals surface area contributed by atoms with Crippen LogP contribution in [0.1, 0.15) is 91.9 Å². The van der Waals surface area contributed by atoms with Crippen molar-refractivity contribution in [3.05, 3.63) is 0 Å². The summed E-state index contributed by atoms with van der Waals surface area (Å²) in [5.74, 6) is 1.85. The van der Waals surface area contributed by atoms with Crippen LogP contribution < -0.4 is 5.32 Å². The van der Waals surface area contributed by atoms with E-state index in [9.17, 15) is 19.8 Å². The second-order valence-electron chi connectivity index (χ2n) is 12.8. The highest BCUT2D eigenvalue weighted by Crippen LogP contribution is 2.69. The van der Waals surface area contributed by atoms with Crippen molar-refractivity contribution in [1.29, 1.82) is 0 Å². The molecule has 0 saturated heterocycles. The predicted molar refractivity (Wildman–Crippen MR) is 131 cm³/mol. The molecule has 4 unspecified atom stereocenters. The predicted octanol–water partition coefficient (Wildman–Crippen LogP) is 4.23. The fourth-order valence-corrected chi connectivity index (χ4v) is 9.76. The topological polar surface area (TPSA) is 107 Å². The van der Waals surface area contributed by atoms with Gasteiger partial charge in [-0.25, -0.2) is 0 Å². The number of amides is 1. The molecule has 0 aromatic rings. The number of aliphatic hydroxyl groups is 2. The number of carboxylic acids is 1.